The van der Waals surface area contributed by atoms with Gasteiger partial charge in [0.2, 0.25) is 0 Å². The van der Waals surface area contributed by atoms with Crippen molar-refractivity contribution in [3.63, 3.8) is 0 Å². The summed E-state index contributed by atoms with van der Waals surface area (Å²) in [5.74, 6) is 0. The van der Waals surface area contributed by atoms with Crippen LogP contribution in [0.2, 0.25) is 0 Å². The highest BCUT2D eigenvalue weighted by molar-refractivity contribution is 4.94. The number of hydrogen-bond donors (Lipinski definition) is 2. The Morgan fingerprint density at radius 1 is 1.71 bits per heavy atom. The van der Waals surface area contributed by atoms with E-state index in [4.69, 9.17) is 14.2 Å². The van der Waals surface area contributed by atoms with Gasteiger partial charge in [-0.3, -0.25) is 9.78 Å². The lowest BCUT2D eigenvalue weighted by Crippen LogP contribution is -2.30. The molecule has 17 heavy (non-hydrogen) atoms. The van der Waals surface area contributed by atoms with Gasteiger partial charge in [0.25, 0.3) is 11.6 Å². The number of aliphatic hydroxyl groups is 1. The Balaban J connectivity index is 1.91. The van der Waals surface area contributed by atoms with Gasteiger partial charge in [-0.25, -0.2) is 4.98 Å². The van der Waals surface area contributed by atoms with E-state index in [0.29, 0.717) is 6.42 Å². The Kier molecular flexibility index (Phi) is 3.72. The maximum absolute atomic E-state index is 11.0. The molecule has 1 aromatic rings. The summed E-state index contributed by atoms with van der Waals surface area (Å²) < 4.78 is 15.6. The van der Waals surface area contributed by atoms with E-state index in [-0.39, 0.29) is 30.4 Å². The SMILES string of the molecule is CO[C@H]1CC(O)O[C@@H]1COc1nccc(=O)[nH]1. The van der Waals surface area contributed by atoms with Crippen LogP contribution < -0.4 is 10.3 Å². The Bertz CT molecular complexity index is 421. The van der Waals surface area contributed by atoms with Gasteiger partial charge in [-0.15, -0.1) is 0 Å². The van der Waals surface area contributed by atoms with Crippen molar-refractivity contribution in [1.82, 2.24) is 9.97 Å². The van der Waals surface area contributed by atoms with Crippen molar-refractivity contribution in [2.75, 3.05) is 13.7 Å². The quantitative estimate of drug-likeness (QED) is 0.723. The molecular weight excluding hydrogens is 228 g/mol. The molecule has 94 valence electrons. The fraction of sp³-hybridized carbons (Fsp3) is 0.600. The van der Waals surface area contributed by atoms with Crippen molar-refractivity contribution in [2.45, 2.75) is 24.9 Å². The van der Waals surface area contributed by atoms with Crippen LogP contribution in [0.4, 0.5) is 0 Å². The van der Waals surface area contributed by atoms with Crippen LogP contribution in [0.1, 0.15) is 6.42 Å². The van der Waals surface area contributed by atoms with Crippen molar-refractivity contribution in [2.24, 2.45) is 0 Å². The molecule has 2 N–H and O–H groups in total. The first-order chi connectivity index (χ1) is 8.19. The van der Waals surface area contributed by atoms with E-state index in [0.717, 1.165) is 0 Å². The second-order valence-electron chi connectivity index (χ2n) is 3.69. The minimum atomic E-state index is -0.837. The first-order valence-electron chi connectivity index (χ1n) is 5.23. The zero-order valence-electron chi connectivity index (χ0n) is 9.33. The summed E-state index contributed by atoms with van der Waals surface area (Å²) >= 11 is 0. The summed E-state index contributed by atoms with van der Waals surface area (Å²) in [5.41, 5.74) is -0.286. The molecular formula is C10H14N2O5. The normalized spacial score (nSPS) is 28.2. The average molecular weight is 242 g/mol. The molecule has 0 amide bonds. The molecule has 0 spiro atoms. The Labute approximate surface area is 97.4 Å². The van der Waals surface area contributed by atoms with Crippen molar-refractivity contribution >= 4 is 0 Å². The molecule has 1 aliphatic rings. The summed E-state index contributed by atoms with van der Waals surface area (Å²) in [7, 11) is 1.54. The largest absolute Gasteiger partial charge is 0.462 e. The second kappa shape index (κ2) is 5.26. The number of aliphatic hydroxyl groups excluding tert-OH is 1. The number of nitrogens with one attached hydrogen (secondary N) is 1. The monoisotopic (exact) mass is 242 g/mol. The summed E-state index contributed by atoms with van der Waals surface area (Å²) in [4.78, 5) is 17.2. The van der Waals surface area contributed by atoms with E-state index in [1.54, 1.807) is 7.11 Å². The number of aromatic nitrogens is 2. The fourth-order valence-corrected chi connectivity index (χ4v) is 1.68. The van der Waals surface area contributed by atoms with E-state index in [9.17, 15) is 9.90 Å². The number of methoxy groups -OCH3 is 1. The number of nitrogens with zero attached hydrogens (tertiary/aromatic N) is 1. The molecule has 7 heteroatoms. The van der Waals surface area contributed by atoms with Crippen LogP contribution in [0.15, 0.2) is 17.1 Å². The van der Waals surface area contributed by atoms with Gasteiger partial charge in [0.15, 0.2) is 6.29 Å². The molecule has 1 fully saturated rings. The molecule has 0 saturated carbocycles. The first kappa shape index (κ1) is 12.0. The molecule has 1 aromatic heterocycles. The zero-order chi connectivity index (χ0) is 12.3. The van der Waals surface area contributed by atoms with Gasteiger partial charge in [0.1, 0.15) is 12.7 Å². The van der Waals surface area contributed by atoms with Crippen LogP contribution in [0.5, 0.6) is 6.01 Å². The Hall–Kier alpha value is -1.44. The zero-order valence-corrected chi connectivity index (χ0v) is 9.33. The number of rotatable bonds is 4. The van der Waals surface area contributed by atoms with E-state index >= 15 is 0 Å². The van der Waals surface area contributed by atoms with E-state index < -0.39 is 6.29 Å². The predicted octanol–water partition coefficient (Wildman–Crippen LogP) is -0.729. The maximum atomic E-state index is 11.0. The van der Waals surface area contributed by atoms with Crippen LogP contribution in [-0.4, -0.2) is 47.3 Å². The highest BCUT2D eigenvalue weighted by Crippen LogP contribution is 2.21. The van der Waals surface area contributed by atoms with Crippen molar-refractivity contribution in [1.29, 1.82) is 0 Å². The van der Waals surface area contributed by atoms with Gasteiger partial charge >= 0.3 is 0 Å². The molecule has 0 radical (unpaired) electrons. The van der Waals surface area contributed by atoms with Gasteiger partial charge < -0.3 is 19.3 Å². The van der Waals surface area contributed by atoms with Crippen molar-refractivity contribution in [3.8, 4) is 6.01 Å². The predicted molar refractivity (Wildman–Crippen MR) is 56.6 cm³/mol. The minimum absolute atomic E-state index is 0.123. The summed E-state index contributed by atoms with van der Waals surface area (Å²) in [6.45, 7) is 0.155. The molecule has 0 aromatic carbocycles. The van der Waals surface area contributed by atoms with Gasteiger partial charge in [0.05, 0.1) is 6.10 Å². The average Bonchev–Trinajstić information content (AvgIpc) is 2.67. The molecule has 1 unspecified atom stereocenters. The second-order valence-corrected chi connectivity index (χ2v) is 3.69. The lowest BCUT2D eigenvalue weighted by Gasteiger charge is -2.16. The molecule has 0 aliphatic carbocycles. The summed E-state index contributed by atoms with van der Waals surface area (Å²) in [5, 5.41) is 9.31. The number of aromatic amines is 1. The van der Waals surface area contributed by atoms with Crippen molar-refractivity contribution < 1.29 is 19.3 Å². The van der Waals surface area contributed by atoms with Crippen molar-refractivity contribution in [3.05, 3.63) is 22.6 Å². The van der Waals surface area contributed by atoms with Gasteiger partial charge in [-0.05, 0) is 0 Å². The van der Waals surface area contributed by atoms with Crippen LogP contribution in [0, 0.1) is 0 Å². The molecule has 1 aliphatic heterocycles. The Morgan fingerprint density at radius 3 is 3.24 bits per heavy atom. The molecule has 0 bridgehead atoms. The lowest BCUT2D eigenvalue weighted by molar-refractivity contribution is -0.107. The number of hydrogen-bond acceptors (Lipinski definition) is 6. The van der Waals surface area contributed by atoms with E-state index in [2.05, 4.69) is 9.97 Å². The lowest BCUT2D eigenvalue weighted by atomic mass is 10.2. The summed E-state index contributed by atoms with van der Waals surface area (Å²) in [6, 6.07) is 1.41. The molecule has 3 atom stereocenters. The van der Waals surface area contributed by atoms with Gasteiger partial charge in [0, 0.05) is 25.8 Å². The third-order valence-electron chi connectivity index (χ3n) is 2.52. The van der Waals surface area contributed by atoms with Crippen LogP contribution in [0.3, 0.4) is 0 Å². The smallest absolute Gasteiger partial charge is 0.296 e. The highest BCUT2D eigenvalue weighted by atomic mass is 16.6. The molecule has 7 nitrogen and oxygen atoms in total. The fourth-order valence-electron chi connectivity index (χ4n) is 1.68. The van der Waals surface area contributed by atoms with Crippen LogP contribution in [-0.2, 0) is 9.47 Å². The minimum Gasteiger partial charge on any atom is -0.462 e. The number of H-pyrrole nitrogens is 1. The molecule has 1 saturated heterocycles. The molecule has 2 heterocycles. The van der Waals surface area contributed by atoms with E-state index in [1.165, 1.54) is 12.3 Å². The number of ether oxygens (including phenoxy) is 3. The van der Waals surface area contributed by atoms with Crippen LogP contribution >= 0.6 is 0 Å². The summed E-state index contributed by atoms with van der Waals surface area (Å²) in [6.07, 6.45) is 0.326. The highest BCUT2D eigenvalue weighted by Gasteiger charge is 2.34. The maximum Gasteiger partial charge on any atom is 0.296 e. The Morgan fingerprint density at radius 2 is 2.53 bits per heavy atom. The first-order valence-corrected chi connectivity index (χ1v) is 5.23. The molecule has 2 rings (SSSR count). The van der Waals surface area contributed by atoms with E-state index in [1.807, 2.05) is 0 Å². The van der Waals surface area contributed by atoms with Gasteiger partial charge in [-0.2, -0.15) is 0 Å². The van der Waals surface area contributed by atoms with Crippen LogP contribution in [0.25, 0.3) is 0 Å². The topological polar surface area (TPSA) is 93.7 Å². The third kappa shape index (κ3) is 3.02. The standard InChI is InChI=1S/C10H14N2O5/c1-15-6-4-9(14)17-7(6)5-16-10-11-3-2-8(13)12-10/h2-3,6-7,9,14H,4-5H2,1H3,(H,11,12,13)/t6-,7+,9?/m0/s1. The third-order valence-corrected chi connectivity index (χ3v) is 2.52. The van der Waals surface area contributed by atoms with Gasteiger partial charge in [-0.1, -0.05) is 0 Å².